The zero-order valence-corrected chi connectivity index (χ0v) is 11.7. The predicted molar refractivity (Wildman–Crippen MR) is 69.6 cm³/mol. The summed E-state index contributed by atoms with van der Waals surface area (Å²) in [6.45, 7) is 2.29. The van der Waals surface area contributed by atoms with E-state index in [0.717, 1.165) is 19.4 Å². The molecule has 1 amide bonds. The summed E-state index contributed by atoms with van der Waals surface area (Å²) >= 11 is 0. The van der Waals surface area contributed by atoms with Crippen molar-refractivity contribution in [3.05, 3.63) is 17.5 Å². The van der Waals surface area contributed by atoms with Gasteiger partial charge in [-0.15, -0.1) is 0 Å². The molecular formula is C13H19N3O4. The molecule has 2 atom stereocenters. The predicted octanol–water partition coefficient (Wildman–Crippen LogP) is 0.401. The van der Waals surface area contributed by atoms with Gasteiger partial charge in [0.05, 0.1) is 13.2 Å². The summed E-state index contributed by atoms with van der Waals surface area (Å²) in [4.78, 5) is 24.6. The molecular weight excluding hydrogens is 262 g/mol. The fraction of sp³-hybridized carbons (Fsp3) is 0.615. The second kappa shape index (κ2) is 6.04. The van der Waals surface area contributed by atoms with Gasteiger partial charge < -0.3 is 19.9 Å². The van der Waals surface area contributed by atoms with Gasteiger partial charge in [0, 0.05) is 26.0 Å². The van der Waals surface area contributed by atoms with Gasteiger partial charge in [0.15, 0.2) is 0 Å². The van der Waals surface area contributed by atoms with Crippen molar-refractivity contribution in [1.29, 1.82) is 0 Å². The number of likely N-dealkylation sites (tertiary alicyclic amines) is 1. The van der Waals surface area contributed by atoms with Gasteiger partial charge in [-0.2, -0.15) is 0 Å². The van der Waals surface area contributed by atoms with Crippen LogP contribution in [0.3, 0.4) is 0 Å². The van der Waals surface area contributed by atoms with Crippen molar-refractivity contribution < 1.29 is 18.8 Å². The summed E-state index contributed by atoms with van der Waals surface area (Å²) < 4.78 is 9.76. The number of rotatable bonds is 4. The number of nitrogens with two attached hydrogens (primary N) is 1. The minimum Gasteiger partial charge on any atom is -0.468 e. The number of aromatic nitrogens is 1. The van der Waals surface area contributed by atoms with Crippen molar-refractivity contribution in [3.63, 3.8) is 0 Å². The van der Waals surface area contributed by atoms with Crippen LogP contribution < -0.4 is 5.73 Å². The van der Waals surface area contributed by atoms with Gasteiger partial charge in [0.25, 0.3) is 0 Å². The van der Waals surface area contributed by atoms with Crippen LogP contribution in [0, 0.1) is 0 Å². The molecule has 0 aliphatic carbocycles. The van der Waals surface area contributed by atoms with Crippen molar-refractivity contribution in [1.82, 2.24) is 10.1 Å². The highest BCUT2D eigenvalue weighted by molar-refractivity contribution is 5.75. The van der Waals surface area contributed by atoms with E-state index in [4.69, 9.17) is 10.3 Å². The lowest BCUT2D eigenvalue weighted by Gasteiger charge is -2.20. The van der Waals surface area contributed by atoms with Crippen LogP contribution in [0.15, 0.2) is 10.6 Å². The standard InChI is InChI=1S/C13H19N3O4/c1-8(17)16-5-3-4-12(16)11-7-9(20-15-11)6-10(14)13(18)19-2/h7,10,12H,3-6,14H2,1-2H3/t10?,12-/m1/s1. The Morgan fingerprint density at radius 2 is 2.40 bits per heavy atom. The van der Waals surface area contributed by atoms with Crippen LogP contribution in [0.2, 0.25) is 0 Å². The maximum Gasteiger partial charge on any atom is 0.323 e. The quantitative estimate of drug-likeness (QED) is 0.802. The Bertz CT molecular complexity index is 500. The Hall–Kier alpha value is -1.89. The first kappa shape index (κ1) is 14.5. The first-order valence-corrected chi connectivity index (χ1v) is 6.59. The highest BCUT2D eigenvalue weighted by Gasteiger charge is 2.30. The van der Waals surface area contributed by atoms with Crippen LogP contribution in [-0.4, -0.2) is 41.6 Å². The average Bonchev–Trinajstić information content (AvgIpc) is 3.05. The van der Waals surface area contributed by atoms with E-state index < -0.39 is 12.0 Å². The Morgan fingerprint density at radius 3 is 3.05 bits per heavy atom. The number of amides is 1. The fourth-order valence-electron chi connectivity index (χ4n) is 2.48. The molecule has 1 aliphatic rings. The number of hydrogen-bond donors (Lipinski definition) is 1. The van der Waals surface area contributed by atoms with E-state index in [1.165, 1.54) is 7.11 Å². The van der Waals surface area contributed by atoms with Crippen molar-refractivity contribution >= 4 is 11.9 Å². The first-order valence-electron chi connectivity index (χ1n) is 6.59. The Labute approximate surface area is 117 Å². The highest BCUT2D eigenvalue weighted by Crippen LogP contribution is 2.31. The van der Waals surface area contributed by atoms with E-state index in [1.807, 2.05) is 0 Å². The molecule has 1 saturated heterocycles. The van der Waals surface area contributed by atoms with E-state index in [1.54, 1.807) is 17.9 Å². The minimum absolute atomic E-state index is 0.0308. The molecule has 0 spiro atoms. The van der Waals surface area contributed by atoms with Crippen LogP contribution in [0.4, 0.5) is 0 Å². The number of esters is 1. The first-order chi connectivity index (χ1) is 9.52. The molecule has 0 aromatic carbocycles. The van der Waals surface area contributed by atoms with E-state index in [2.05, 4.69) is 9.89 Å². The molecule has 1 aliphatic heterocycles. The van der Waals surface area contributed by atoms with Gasteiger partial charge in [-0.25, -0.2) is 0 Å². The molecule has 2 heterocycles. The maximum absolute atomic E-state index is 11.5. The van der Waals surface area contributed by atoms with Gasteiger partial charge >= 0.3 is 5.97 Å². The zero-order valence-electron chi connectivity index (χ0n) is 11.7. The second-order valence-electron chi connectivity index (χ2n) is 4.92. The smallest absolute Gasteiger partial charge is 0.323 e. The van der Waals surface area contributed by atoms with Gasteiger partial charge in [-0.1, -0.05) is 5.16 Å². The van der Waals surface area contributed by atoms with E-state index in [9.17, 15) is 9.59 Å². The van der Waals surface area contributed by atoms with Crippen LogP contribution in [0.25, 0.3) is 0 Å². The van der Waals surface area contributed by atoms with Crippen LogP contribution in [-0.2, 0) is 20.7 Å². The molecule has 0 bridgehead atoms. The number of ether oxygens (including phenoxy) is 1. The topological polar surface area (TPSA) is 98.7 Å². The SMILES string of the molecule is COC(=O)C(N)Cc1cc([C@H]2CCCN2C(C)=O)no1. The Morgan fingerprint density at radius 1 is 1.65 bits per heavy atom. The number of carbonyl (C=O) groups excluding carboxylic acids is 2. The number of hydrogen-bond acceptors (Lipinski definition) is 6. The molecule has 1 aromatic heterocycles. The second-order valence-corrected chi connectivity index (χ2v) is 4.92. The summed E-state index contributed by atoms with van der Waals surface area (Å²) in [5.74, 6) is 0.0609. The summed E-state index contributed by atoms with van der Waals surface area (Å²) in [6.07, 6.45) is 2.05. The third-order valence-electron chi connectivity index (χ3n) is 3.50. The van der Waals surface area contributed by atoms with Crippen molar-refractivity contribution in [2.75, 3.05) is 13.7 Å². The lowest BCUT2D eigenvalue weighted by molar-refractivity contribution is -0.142. The zero-order chi connectivity index (χ0) is 14.7. The van der Waals surface area contributed by atoms with Gasteiger partial charge in [-0.3, -0.25) is 9.59 Å². The van der Waals surface area contributed by atoms with E-state index in [0.29, 0.717) is 11.5 Å². The monoisotopic (exact) mass is 281 g/mol. The Kier molecular flexibility index (Phi) is 4.39. The molecule has 1 fully saturated rings. The van der Waals surface area contributed by atoms with Crippen LogP contribution in [0.1, 0.15) is 37.3 Å². The van der Waals surface area contributed by atoms with Crippen molar-refractivity contribution in [2.24, 2.45) is 5.73 Å². The number of carbonyl (C=O) groups is 2. The Balaban J connectivity index is 2.05. The minimum atomic E-state index is -0.770. The summed E-state index contributed by atoms with van der Waals surface area (Å²) in [7, 11) is 1.29. The lowest BCUT2D eigenvalue weighted by atomic mass is 10.1. The molecule has 0 saturated carbocycles. The largest absolute Gasteiger partial charge is 0.468 e. The molecule has 7 heteroatoms. The van der Waals surface area contributed by atoms with Gasteiger partial charge in [-0.05, 0) is 12.8 Å². The fourth-order valence-corrected chi connectivity index (χ4v) is 2.48. The molecule has 110 valence electrons. The average molecular weight is 281 g/mol. The molecule has 2 rings (SSSR count). The van der Waals surface area contributed by atoms with Crippen LogP contribution in [0.5, 0.6) is 0 Å². The lowest BCUT2D eigenvalue weighted by Crippen LogP contribution is -2.33. The number of methoxy groups -OCH3 is 1. The molecule has 1 unspecified atom stereocenters. The third-order valence-corrected chi connectivity index (χ3v) is 3.50. The van der Waals surface area contributed by atoms with Gasteiger partial charge in [0.1, 0.15) is 17.5 Å². The molecule has 0 radical (unpaired) electrons. The highest BCUT2D eigenvalue weighted by atomic mass is 16.5. The normalized spacial score (nSPS) is 19.9. The summed E-state index contributed by atoms with van der Waals surface area (Å²) in [5.41, 5.74) is 6.38. The summed E-state index contributed by atoms with van der Waals surface area (Å²) in [6, 6.07) is 0.946. The summed E-state index contributed by atoms with van der Waals surface area (Å²) in [5, 5.41) is 3.99. The molecule has 1 aromatic rings. The maximum atomic E-state index is 11.5. The molecule has 2 N–H and O–H groups in total. The van der Waals surface area contributed by atoms with Gasteiger partial charge in [0.2, 0.25) is 5.91 Å². The van der Waals surface area contributed by atoms with Crippen molar-refractivity contribution in [3.8, 4) is 0 Å². The van der Waals surface area contributed by atoms with Crippen LogP contribution >= 0.6 is 0 Å². The number of nitrogens with zero attached hydrogens (tertiary/aromatic N) is 2. The molecule has 7 nitrogen and oxygen atoms in total. The van der Waals surface area contributed by atoms with Crippen molar-refractivity contribution in [2.45, 2.75) is 38.3 Å². The van der Waals surface area contributed by atoms with E-state index in [-0.39, 0.29) is 18.4 Å². The van der Waals surface area contributed by atoms with E-state index >= 15 is 0 Å². The molecule has 20 heavy (non-hydrogen) atoms. The third kappa shape index (κ3) is 2.98.